The third-order valence-corrected chi connectivity index (χ3v) is 3.86. The summed E-state index contributed by atoms with van der Waals surface area (Å²) in [6.45, 7) is 3.55. The Morgan fingerprint density at radius 1 is 1.22 bits per heavy atom. The van der Waals surface area contributed by atoms with Crippen molar-refractivity contribution in [3.8, 4) is 0 Å². The molecule has 0 heterocycles. The van der Waals surface area contributed by atoms with E-state index in [0.717, 1.165) is 26.3 Å². The Morgan fingerprint density at radius 3 is 2.67 bits per heavy atom. The first-order chi connectivity index (χ1) is 8.83. The average Bonchev–Trinajstić information content (AvgIpc) is 3.11. The van der Waals surface area contributed by atoms with Crippen LogP contribution in [0.5, 0.6) is 0 Å². The Labute approximate surface area is 109 Å². The van der Waals surface area contributed by atoms with E-state index in [9.17, 15) is 0 Å². The van der Waals surface area contributed by atoms with Gasteiger partial charge in [0.2, 0.25) is 0 Å². The summed E-state index contributed by atoms with van der Waals surface area (Å²) in [7, 11) is 3.52. The first kappa shape index (κ1) is 13.5. The Hall–Kier alpha value is -0.900. The number of benzene rings is 1. The van der Waals surface area contributed by atoms with E-state index in [-0.39, 0.29) is 5.41 Å². The Bertz CT molecular complexity index is 355. The minimum absolute atomic E-state index is 0.232. The molecule has 2 unspecified atom stereocenters. The van der Waals surface area contributed by atoms with Gasteiger partial charge in [-0.2, -0.15) is 0 Å². The highest BCUT2D eigenvalue weighted by Crippen LogP contribution is 2.54. The van der Waals surface area contributed by atoms with Gasteiger partial charge in [0.05, 0.1) is 13.2 Å². The van der Waals surface area contributed by atoms with Crippen LogP contribution in [-0.4, -0.2) is 40.5 Å². The van der Waals surface area contributed by atoms with Crippen LogP contribution in [0.4, 0.5) is 0 Å². The molecular weight excluding hydrogens is 226 g/mol. The van der Waals surface area contributed by atoms with Crippen molar-refractivity contribution in [1.82, 2.24) is 5.32 Å². The van der Waals surface area contributed by atoms with Gasteiger partial charge in [0.25, 0.3) is 0 Å². The molecule has 2 rings (SSSR count). The first-order valence-corrected chi connectivity index (χ1v) is 6.57. The van der Waals surface area contributed by atoms with Crippen LogP contribution < -0.4 is 5.32 Å². The average molecular weight is 249 g/mol. The zero-order chi connectivity index (χ0) is 12.8. The number of hydrogen-bond donors (Lipinski definition) is 1. The number of hydrogen-bond acceptors (Lipinski definition) is 3. The SMILES string of the molecule is COCCNCC1CC1(COC)c1ccccc1. The summed E-state index contributed by atoms with van der Waals surface area (Å²) in [5, 5.41) is 3.45. The van der Waals surface area contributed by atoms with E-state index in [2.05, 4.69) is 35.6 Å². The van der Waals surface area contributed by atoms with E-state index in [1.807, 2.05) is 0 Å². The Balaban J connectivity index is 1.91. The van der Waals surface area contributed by atoms with Gasteiger partial charge in [0, 0.05) is 26.2 Å². The predicted octanol–water partition coefficient (Wildman–Crippen LogP) is 1.83. The summed E-state index contributed by atoms with van der Waals surface area (Å²) < 4.78 is 10.5. The van der Waals surface area contributed by atoms with Gasteiger partial charge in [-0.15, -0.1) is 0 Å². The monoisotopic (exact) mass is 249 g/mol. The van der Waals surface area contributed by atoms with Gasteiger partial charge in [-0.1, -0.05) is 30.3 Å². The molecule has 1 aliphatic carbocycles. The number of nitrogens with one attached hydrogen (secondary N) is 1. The van der Waals surface area contributed by atoms with Crippen molar-refractivity contribution < 1.29 is 9.47 Å². The van der Waals surface area contributed by atoms with Gasteiger partial charge in [-0.05, 0) is 24.4 Å². The second-order valence-corrected chi connectivity index (χ2v) is 5.05. The van der Waals surface area contributed by atoms with E-state index in [1.54, 1.807) is 14.2 Å². The largest absolute Gasteiger partial charge is 0.384 e. The summed E-state index contributed by atoms with van der Waals surface area (Å²) in [4.78, 5) is 0. The van der Waals surface area contributed by atoms with Crippen LogP contribution in [0, 0.1) is 5.92 Å². The van der Waals surface area contributed by atoms with Crippen LogP contribution in [0.25, 0.3) is 0 Å². The first-order valence-electron chi connectivity index (χ1n) is 6.57. The quantitative estimate of drug-likeness (QED) is 0.713. The summed E-state index contributed by atoms with van der Waals surface area (Å²) in [6.07, 6.45) is 1.21. The predicted molar refractivity (Wildman–Crippen MR) is 72.8 cm³/mol. The van der Waals surface area contributed by atoms with Crippen LogP contribution in [0.15, 0.2) is 30.3 Å². The molecule has 0 spiro atoms. The Kier molecular flexibility index (Phi) is 4.75. The highest BCUT2D eigenvalue weighted by atomic mass is 16.5. The molecule has 1 saturated carbocycles. The zero-order valence-corrected chi connectivity index (χ0v) is 11.3. The van der Waals surface area contributed by atoms with E-state index in [0.29, 0.717) is 5.92 Å². The van der Waals surface area contributed by atoms with Crippen LogP contribution >= 0.6 is 0 Å². The molecule has 0 saturated heterocycles. The third kappa shape index (κ3) is 2.91. The Morgan fingerprint density at radius 2 is 2.00 bits per heavy atom. The number of methoxy groups -OCH3 is 2. The maximum atomic E-state index is 5.43. The molecule has 0 amide bonds. The van der Waals surface area contributed by atoms with Crippen molar-refractivity contribution in [1.29, 1.82) is 0 Å². The molecule has 3 nitrogen and oxygen atoms in total. The van der Waals surface area contributed by atoms with Crippen molar-refractivity contribution in [3.63, 3.8) is 0 Å². The molecule has 1 aromatic rings. The fourth-order valence-electron chi connectivity index (χ4n) is 2.74. The normalized spacial score (nSPS) is 26.2. The molecule has 1 fully saturated rings. The van der Waals surface area contributed by atoms with Gasteiger partial charge in [0.15, 0.2) is 0 Å². The molecule has 0 radical (unpaired) electrons. The fourth-order valence-corrected chi connectivity index (χ4v) is 2.74. The number of ether oxygens (including phenoxy) is 2. The maximum Gasteiger partial charge on any atom is 0.0587 e. The highest BCUT2D eigenvalue weighted by Gasteiger charge is 2.54. The molecule has 1 N–H and O–H groups in total. The van der Waals surface area contributed by atoms with Crippen LogP contribution in [0.1, 0.15) is 12.0 Å². The molecule has 0 aliphatic heterocycles. The molecule has 2 atom stereocenters. The van der Waals surface area contributed by atoms with Gasteiger partial charge >= 0.3 is 0 Å². The number of rotatable bonds is 8. The van der Waals surface area contributed by atoms with E-state index < -0.39 is 0 Å². The lowest BCUT2D eigenvalue weighted by Crippen LogP contribution is -2.26. The summed E-state index contributed by atoms with van der Waals surface area (Å²) >= 11 is 0. The second kappa shape index (κ2) is 6.32. The van der Waals surface area contributed by atoms with Crippen molar-refractivity contribution in [2.45, 2.75) is 11.8 Å². The van der Waals surface area contributed by atoms with Gasteiger partial charge in [-0.25, -0.2) is 0 Å². The van der Waals surface area contributed by atoms with E-state index >= 15 is 0 Å². The maximum absolute atomic E-state index is 5.43. The lowest BCUT2D eigenvalue weighted by Gasteiger charge is -2.17. The second-order valence-electron chi connectivity index (χ2n) is 5.05. The van der Waals surface area contributed by atoms with Crippen molar-refractivity contribution in [2.24, 2.45) is 5.92 Å². The van der Waals surface area contributed by atoms with Crippen molar-refractivity contribution in [2.75, 3.05) is 40.5 Å². The molecular formula is C15H23NO2. The molecule has 1 aromatic carbocycles. The van der Waals surface area contributed by atoms with Crippen LogP contribution in [-0.2, 0) is 14.9 Å². The van der Waals surface area contributed by atoms with Gasteiger partial charge in [0.1, 0.15) is 0 Å². The standard InChI is InChI=1S/C15H23NO2/c1-17-9-8-16-11-14-10-15(14,12-18-2)13-6-4-3-5-7-13/h3-7,14,16H,8-12H2,1-2H3. The molecule has 1 aliphatic rings. The van der Waals surface area contributed by atoms with Crippen LogP contribution in [0.2, 0.25) is 0 Å². The lowest BCUT2D eigenvalue weighted by molar-refractivity contribution is 0.164. The zero-order valence-electron chi connectivity index (χ0n) is 11.3. The lowest BCUT2D eigenvalue weighted by atomic mass is 9.94. The van der Waals surface area contributed by atoms with Crippen LogP contribution in [0.3, 0.4) is 0 Å². The van der Waals surface area contributed by atoms with E-state index in [1.165, 1.54) is 12.0 Å². The minimum Gasteiger partial charge on any atom is -0.384 e. The smallest absolute Gasteiger partial charge is 0.0587 e. The molecule has 0 aromatic heterocycles. The highest BCUT2D eigenvalue weighted by molar-refractivity contribution is 5.34. The van der Waals surface area contributed by atoms with Crippen molar-refractivity contribution >= 4 is 0 Å². The van der Waals surface area contributed by atoms with E-state index in [4.69, 9.17) is 9.47 Å². The molecule has 3 heteroatoms. The molecule has 100 valence electrons. The molecule has 18 heavy (non-hydrogen) atoms. The summed E-state index contributed by atoms with van der Waals surface area (Å²) in [5.74, 6) is 0.678. The van der Waals surface area contributed by atoms with Crippen molar-refractivity contribution in [3.05, 3.63) is 35.9 Å². The summed E-state index contributed by atoms with van der Waals surface area (Å²) in [6, 6.07) is 10.7. The molecule has 0 bridgehead atoms. The summed E-state index contributed by atoms with van der Waals surface area (Å²) in [5.41, 5.74) is 1.64. The van der Waals surface area contributed by atoms with Gasteiger partial charge < -0.3 is 14.8 Å². The fraction of sp³-hybridized carbons (Fsp3) is 0.600. The topological polar surface area (TPSA) is 30.5 Å². The minimum atomic E-state index is 0.232. The third-order valence-electron chi connectivity index (χ3n) is 3.86. The van der Waals surface area contributed by atoms with Gasteiger partial charge in [-0.3, -0.25) is 0 Å².